The van der Waals surface area contributed by atoms with Gasteiger partial charge >= 0.3 is 0 Å². The lowest BCUT2D eigenvalue weighted by Gasteiger charge is -2.19. The highest BCUT2D eigenvalue weighted by Gasteiger charge is 2.21. The van der Waals surface area contributed by atoms with Crippen LogP contribution in [0, 0.1) is 0 Å². The number of thiol groups is 1. The maximum absolute atomic E-state index is 12.0. The first-order chi connectivity index (χ1) is 9.29. The number of thioether (sulfide) groups is 1. The fourth-order valence-electron chi connectivity index (χ4n) is 2.44. The molecule has 100 valence electrons. The molecule has 19 heavy (non-hydrogen) atoms. The number of benzene rings is 1. The predicted octanol–water partition coefficient (Wildman–Crippen LogP) is 2.92. The van der Waals surface area contributed by atoms with E-state index in [0.717, 1.165) is 23.5 Å². The van der Waals surface area contributed by atoms with Crippen LogP contribution in [0.25, 0.3) is 10.9 Å². The summed E-state index contributed by atoms with van der Waals surface area (Å²) in [5.41, 5.74) is 2.32. The number of rotatable bonds is 2. The standard InChI is InChI=1S/C14H16N2OS2/c17-13(5-7-18)16-6-8-19-14-10-3-1-2-4-11(10)15-12(14)9-16/h1-4,15,18H,5-9H2. The van der Waals surface area contributed by atoms with Crippen LogP contribution in [0.5, 0.6) is 0 Å². The number of nitrogens with zero attached hydrogens (tertiary/aromatic N) is 1. The fraction of sp³-hybridized carbons (Fsp3) is 0.357. The third kappa shape index (κ3) is 2.49. The van der Waals surface area contributed by atoms with Crippen LogP contribution in [0.3, 0.4) is 0 Å². The van der Waals surface area contributed by atoms with Gasteiger partial charge < -0.3 is 9.88 Å². The summed E-state index contributed by atoms with van der Waals surface area (Å²) in [5.74, 6) is 1.76. The molecule has 0 radical (unpaired) electrons. The first-order valence-corrected chi connectivity index (χ1v) is 8.02. The number of hydrogen-bond acceptors (Lipinski definition) is 3. The van der Waals surface area contributed by atoms with Crippen LogP contribution in [0.4, 0.5) is 0 Å². The summed E-state index contributed by atoms with van der Waals surface area (Å²) in [5, 5.41) is 1.27. The van der Waals surface area contributed by atoms with Crippen molar-refractivity contribution in [3.05, 3.63) is 30.0 Å². The SMILES string of the molecule is O=C(CCS)N1CCSc2c([nH]c3ccccc23)C1. The zero-order valence-electron chi connectivity index (χ0n) is 10.6. The van der Waals surface area contributed by atoms with E-state index >= 15 is 0 Å². The number of aromatic nitrogens is 1. The van der Waals surface area contributed by atoms with Crippen molar-refractivity contribution in [2.24, 2.45) is 0 Å². The Bertz CT molecular complexity index is 609. The van der Waals surface area contributed by atoms with Gasteiger partial charge in [-0.1, -0.05) is 18.2 Å². The van der Waals surface area contributed by atoms with Gasteiger partial charge in [0.2, 0.25) is 5.91 Å². The minimum Gasteiger partial charge on any atom is -0.356 e. The Kier molecular flexibility index (Phi) is 3.75. The second-order valence-electron chi connectivity index (χ2n) is 4.62. The molecule has 3 nitrogen and oxygen atoms in total. The Morgan fingerprint density at radius 2 is 2.26 bits per heavy atom. The molecular weight excluding hydrogens is 276 g/mol. The van der Waals surface area contributed by atoms with Crippen molar-refractivity contribution in [2.45, 2.75) is 17.9 Å². The van der Waals surface area contributed by atoms with Crippen LogP contribution in [0.2, 0.25) is 0 Å². The van der Waals surface area contributed by atoms with Crippen molar-refractivity contribution in [2.75, 3.05) is 18.1 Å². The largest absolute Gasteiger partial charge is 0.356 e. The van der Waals surface area contributed by atoms with Crippen LogP contribution in [0.1, 0.15) is 12.1 Å². The Morgan fingerprint density at radius 3 is 3.11 bits per heavy atom. The van der Waals surface area contributed by atoms with E-state index in [2.05, 4.69) is 35.8 Å². The molecule has 2 aromatic rings. The van der Waals surface area contributed by atoms with Crippen molar-refractivity contribution in [1.82, 2.24) is 9.88 Å². The average molecular weight is 292 g/mol. The Balaban J connectivity index is 1.94. The summed E-state index contributed by atoms with van der Waals surface area (Å²) >= 11 is 5.98. The Labute approximate surface area is 122 Å². The molecule has 0 unspecified atom stereocenters. The molecule has 0 spiro atoms. The quantitative estimate of drug-likeness (QED) is 0.835. The van der Waals surface area contributed by atoms with E-state index in [1.165, 1.54) is 10.3 Å². The average Bonchev–Trinajstić information content (AvgIpc) is 2.63. The van der Waals surface area contributed by atoms with Crippen LogP contribution in [-0.2, 0) is 11.3 Å². The normalized spacial score (nSPS) is 15.3. The fourth-order valence-corrected chi connectivity index (χ4v) is 3.77. The summed E-state index contributed by atoms with van der Waals surface area (Å²) in [6, 6.07) is 8.33. The lowest BCUT2D eigenvalue weighted by Crippen LogP contribution is -2.31. The van der Waals surface area contributed by atoms with Gasteiger partial charge in [-0.25, -0.2) is 0 Å². The topological polar surface area (TPSA) is 36.1 Å². The highest BCUT2D eigenvalue weighted by Crippen LogP contribution is 2.34. The van der Waals surface area contributed by atoms with E-state index in [1.807, 2.05) is 22.7 Å². The molecule has 3 rings (SSSR count). The predicted molar refractivity (Wildman–Crippen MR) is 82.9 cm³/mol. The van der Waals surface area contributed by atoms with Gasteiger partial charge in [0.15, 0.2) is 0 Å². The molecule has 0 atom stereocenters. The smallest absolute Gasteiger partial charge is 0.223 e. The summed E-state index contributed by atoms with van der Waals surface area (Å²) < 4.78 is 0. The molecule has 2 heterocycles. The maximum Gasteiger partial charge on any atom is 0.223 e. The number of carbonyl (C=O) groups excluding carboxylic acids is 1. The van der Waals surface area contributed by atoms with Crippen molar-refractivity contribution >= 4 is 41.2 Å². The minimum atomic E-state index is 0.196. The van der Waals surface area contributed by atoms with Crippen molar-refractivity contribution in [3.8, 4) is 0 Å². The van der Waals surface area contributed by atoms with Gasteiger partial charge in [0.1, 0.15) is 0 Å². The molecule has 5 heteroatoms. The summed E-state index contributed by atoms with van der Waals surface area (Å²) in [7, 11) is 0. The molecule has 0 fully saturated rings. The third-order valence-electron chi connectivity index (χ3n) is 3.37. The van der Waals surface area contributed by atoms with Crippen LogP contribution >= 0.6 is 24.4 Å². The van der Waals surface area contributed by atoms with Crippen molar-refractivity contribution < 1.29 is 4.79 Å². The number of para-hydroxylation sites is 1. The Morgan fingerprint density at radius 1 is 1.42 bits per heavy atom. The van der Waals surface area contributed by atoms with Gasteiger partial charge in [0.05, 0.1) is 6.54 Å². The van der Waals surface area contributed by atoms with Gasteiger partial charge in [-0.3, -0.25) is 4.79 Å². The van der Waals surface area contributed by atoms with Gasteiger partial charge in [-0.05, 0) is 11.8 Å². The third-order valence-corrected chi connectivity index (χ3v) is 4.73. The number of fused-ring (bicyclic) bond motifs is 3. The van der Waals surface area contributed by atoms with E-state index in [9.17, 15) is 4.79 Å². The molecule has 1 aliphatic heterocycles. The lowest BCUT2D eigenvalue weighted by atomic mass is 10.2. The van der Waals surface area contributed by atoms with Crippen molar-refractivity contribution in [3.63, 3.8) is 0 Å². The second-order valence-corrected chi connectivity index (χ2v) is 6.17. The molecule has 1 aromatic heterocycles. The van der Waals surface area contributed by atoms with Crippen LogP contribution < -0.4 is 0 Å². The molecule has 0 saturated carbocycles. The number of amides is 1. The monoisotopic (exact) mass is 292 g/mol. The molecule has 1 aliphatic rings. The van der Waals surface area contributed by atoms with Crippen LogP contribution in [0.15, 0.2) is 29.2 Å². The van der Waals surface area contributed by atoms with Crippen molar-refractivity contribution in [1.29, 1.82) is 0 Å². The molecule has 0 saturated heterocycles. The molecule has 1 aromatic carbocycles. The van der Waals surface area contributed by atoms with Gasteiger partial charge in [-0.15, -0.1) is 11.8 Å². The van der Waals surface area contributed by atoms with E-state index in [0.29, 0.717) is 18.7 Å². The zero-order valence-corrected chi connectivity index (χ0v) is 12.3. The van der Waals surface area contributed by atoms with Gasteiger partial charge in [0.25, 0.3) is 0 Å². The number of H-pyrrole nitrogens is 1. The summed E-state index contributed by atoms with van der Waals surface area (Å²) in [4.78, 5) is 18.7. The van der Waals surface area contributed by atoms with E-state index in [4.69, 9.17) is 0 Å². The number of hydrogen-bond donors (Lipinski definition) is 2. The second kappa shape index (κ2) is 5.51. The first-order valence-electron chi connectivity index (χ1n) is 6.40. The molecule has 0 bridgehead atoms. The minimum absolute atomic E-state index is 0.196. The maximum atomic E-state index is 12.0. The highest BCUT2D eigenvalue weighted by atomic mass is 32.2. The van der Waals surface area contributed by atoms with E-state index in [-0.39, 0.29) is 5.91 Å². The molecular formula is C14H16N2OS2. The van der Waals surface area contributed by atoms with E-state index < -0.39 is 0 Å². The molecule has 0 aliphatic carbocycles. The summed E-state index contributed by atoms with van der Waals surface area (Å²) in [6.07, 6.45) is 0.517. The molecule has 1 amide bonds. The number of aromatic amines is 1. The van der Waals surface area contributed by atoms with E-state index in [1.54, 1.807) is 0 Å². The van der Waals surface area contributed by atoms with Gasteiger partial charge in [0, 0.05) is 40.2 Å². The number of nitrogens with one attached hydrogen (secondary N) is 1. The zero-order chi connectivity index (χ0) is 13.2. The number of carbonyl (C=O) groups is 1. The Hall–Kier alpha value is -1.07. The highest BCUT2D eigenvalue weighted by molar-refractivity contribution is 7.99. The van der Waals surface area contributed by atoms with Crippen LogP contribution in [-0.4, -0.2) is 33.8 Å². The first kappa shape index (κ1) is 12.9. The lowest BCUT2D eigenvalue weighted by molar-refractivity contribution is -0.131. The van der Waals surface area contributed by atoms with Gasteiger partial charge in [-0.2, -0.15) is 12.6 Å². The molecule has 1 N–H and O–H groups in total. The summed E-state index contributed by atoms with van der Waals surface area (Å²) in [6.45, 7) is 1.50.